The molecule has 1 fully saturated rings. The number of carbonyl (C=O) groups excluding carboxylic acids is 1. The molecule has 1 aliphatic carbocycles. The zero-order valence-electron chi connectivity index (χ0n) is 12.6. The molecule has 2 N–H and O–H groups in total. The highest BCUT2D eigenvalue weighted by Crippen LogP contribution is 2.24. The van der Waals surface area contributed by atoms with Gasteiger partial charge in [-0.15, -0.1) is 0 Å². The number of aromatic nitrogens is 2. The number of Topliss-reactive ketones (excluding diaryl/α,β-unsaturated/α-hetero) is 1. The third kappa shape index (κ3) is 2.86. The number of para-hydroxylation sites is 2. The van der Waals surface area contributed by atoms with Gasteiger partial charge in [-0.05, 0) is 25.0 Å². The fourth-order valence-electron chi connectivity index (χ4n) is 3.38. The summed E-state index contributed by atoms with van der Waals surface area (Å²) in [5.41, 5.74) is 8.22. The van der Waals surface area contributed by atoms with Gasteiger partial charge in [0.15, 0.2) is 0 Å². The lowest BCUT2D eigenvalue weighted by molar-refractivity contribution is -0.123. The highest BCUT2D eigenvalue weighted by Gasteiger charge is 2.27. The van der Waals surface area contributed by atoms with Crippen molar-refractivity contribution in [1.29, 1.82) is 0 Å². The van der Waals surface area contributed by atoms with Gasteiger partial charge in [-0.2, -0.15) is 0 Å². The molecule has 2 aromatic rings. The highest BCUT2D eigenvalue weighted by molar-refractivity contribution is 5.85. The Kier molecular flexibility index (Phi) is 4.06. The number of benzene rings is 1. The zero-order chi connectivity index (χ0) is 14.8. The first-order valence-corrected chi connectivity index (χ1v) is 7.85. The van der Waals surface area contributed by atoms with E-state index in [9.17, 15) is 4.79 Å². The molecule has 112 valence electrons. The summed E-state index contributed by atoms with van der Waals surface area (Å²) < 4.78 is 2.02. The van der Waals surface area contributed by atoms with Crippen molar-refractivity contribution < 1.29 is 4.79 Å². The molecule has 1 aliphatic rings. The van der Waals surface area contributed by atoms with Gasteiger partial charge < -0.3 is 10.3 Å². The molecule has 4 nitrogen and oxygen atoms in total. The minimum Gasteiger partial charge on any atom is -0.331 e. The Balaban J connectivity index is 1.81. The molecule has 0 spiro atoms. The average molecular weight is 285 g/mol. The summed E-state index contributed by atoms with van der Waals surface area (Å²) in [6.07, 6.45) is 5.76. The van der Waals surface area contributed by atoms with E-state index in [2.05, 4.69) is 4.98 Å². The molecular weight excluding hydrogens is 262 g/mol. The van der Waals surface area contributed by atoms with Crippen molar-refractivity contribution in [1.82, 2.24) is 9.55 Å². The van der Waals surface area contributed by atoms with E-state index in [0.717, 1.165) is 42.5 Å². The van der Waals surface area contributed by atoms with Crippen LogP contribution in [0.3, 0.4) is 0 Å². The Hall–Kier alpha value is -1.68. The van der Waals surface area contributed by atoms with Crippen molar-refractivity contribution in [2.45, 2.75) is 44.6 Å². The minimum atomic E-state index is 0.00677. The molecule has 0 radical (unpaired) electrons. The van der Waals surface area contributed by atoms with Crippen molar-refractivity contribution >= 4 is 16.8 Å². The van der Waals surface area contributed by atoms with E-state index >= 15 is 0 Å². The van der Waals surface area contributed by atoms with Crippen LogP contribution < -0.4 is 5.73 Å². The number of ketones is 1. The van der Waals surface area contributed by atoms with Crippen LogP contribution in [0.5, 0.6) is 0 Å². The largest absolute Gasteiger partial charge is 0.331 e. The minimum absolute atomic E-state index is 0.00677. The molecule has 0 aliphatic heterocycles. The molecule has 1 aromatic carbocycles. The van der Waals surface area contributed by atoms with E-state index in [1.54, 1.807) is 0 Å². The third-order valence-corrected chi connectivity index (χ3v) is 4.70. The number of imidazole rings is 1. The first-order valence-electron chi connectivity index (χ1n) is 7.85. The number of nitrogens with zero attached hydrogens (tertiary/aromatic N) is 2. The Labute approximate surface area is 125 Å². The van der Waals surface area contributed by atoms with E-state index in [1.807, 2.05) is 35.9 Å². The van der Waals surface area contributed by atoms with Gasteiger partial charge in [0.1, 0.15) is 11.6 Å². The predicted octanol–water partition coefficient (Wildman–Crippen LogP) is 2.59. The second-order valence-corrected chi connectivity index (χ2v) is 6.13. The molecule has 2 atom stereocenters. The first-order chi connectivity index (χ1) is 10.2. The number of hydrogen-bond donors (Lipinski definition) is 1. The van der Waals surface area contributed by atoms with E-state index in [-0.39, 0.29) is 17.7 Å². The maximum Gasteiger partial charge on any atom is 0.145 e. The first kappa shape index (κ1) is 14.3. The molecule has 2 unspecified atom stereocenters. The zero-order valence-corrected chi connectivity index (χ0v) is 12.6. The summed E-state index contributed by atoms with van der Waals surface area (Å²) in [7, 11) is 1.98. The number of nitrogens with two attached hydrogens (primary N) is 1. The lowest BCUT2D eigenvalue weighted by Gasteiger charge is -2.19. The van der Waals surface area contributed by atoms with Crippen molar-refractivity contribution in [2.75, 3.05) is 0 Å². The van der Waals surface area contributed by atoms with Crippen molar-refractivity contribution in [3.05, 3.63) is 30.1 Å². The third-order valence-electron chi connectivity index (χ3n) is 4.70. The topological polar surface area (TPSA) is 60.9 Å². The van der Waals surface area contributed by atoms with E-state index in [0.29, 0.717) is 6.42 Å². The van der Waals surface area contributed by atoms with Gasteiger partial charge >= 0.3 is 0 Å². The Bertz CT molecular complexity index is 647. The molecule has 0 saturated heterocycles. The summed E-state index contributed by atoms with van der Waals surface area (Å²) in [5.74, 6) is 1.10. The van der Waals surface area contributed by atoms with Crippen LogP contribution in [-0.4, -0.2) is 21.4 Å². The van der Waals surface area contributed by atoms with Crippen LogP contribution in [0.2, 0.25) is 0 Å². The lowest BCUT2D eigenvalue weighted by atomic mass is 9.89. The smallest absolute Gasteiger partial charge is 0.145 e. The van der Waals surface area contributed by atoms with Gasteiger partial charge in [-0.25, -0.2) is 4.98 Å². The van der Waals surface area contributed by atoms with Crippen LogP contribution in [0.15, 0.2) is 24.3 Å². The number of aryl methyl sites for hydroxylation is 1. The normalized spacial score (nSPS) is 23.1. The summed E-state index contributed by atoms with van der Waals surface area (Å²) in [6.45, 7) is 0. The molecule has 1 aromatic heterocycles. The highest BCUT2D eigenvalue weighted by atomic mass is 16.1. The molecule has 0 bridgehead atoms. The Morgan fingerprint density at radius 1 is 1.29 bits per heavy atom. The Morgan fingerprint density at radius 2 is 2.05 bits per heavy atom. The van der Waals surface area contributed by atoms with Gasteiger partial charge in [-0.1, -0.05) is 31.4 Å². The second kappa shape index (κ2) is 5.98. The number of carbonyl (C=O) groups is 1. The van der Waals surface area contributed by atoms with E-state index < -0.39 is 0 Å². The van der Waals surface area contributed by atoms with Crippen LogP contribution in [0.25, 0.3) is 11.0 Å². The second-order valence-electron chi connectivity index (χ2n) is 6.13. The van der Waals surface area contributed by atoms with E-state index in [1.165, 1.54) is 6.42 Å². The maximum atomic E-state index is 12.6. The SMILES string of the molecule is Cn1c(CC(=O)C2CCCCCC2N)nc2ccccc21. The molecule has 21 heavy (non-hydrogen) atoms. The maximum absolute atomic E-state index is 12.6. The summed E-state index contributed by atoms with van der Waals surface area (Å²) in [6, 6.07) is 8.02. The summed E-state index contributed by atoms with van der Waals surface area (Å²) in [5, 5.41) is 0. The molecule has 1 heterocycles. The summed E-state index contributed by atoms with van der Waals surface area (Å²) in [4.78, 5) is 17.2. The van der Waals surface area contributed by atoms with Gasteiger partial charge in [0.25, 0.3) is 0 Å². The fraction of sp³-hybridized carbons (Fsp3) is 0.529. The van der Waals surface area contributed by atoms with Crippen LogP contribution in [0.4, 0.5) is 0 Å². The van der Waals surface area contributed by atoms with Crippen molar-refractivity contribution in [3.63, 3.8) is 0 Å². The van der Waals surface area contributed by atoms with E-state index in [4.69, 9.17) is 5.73 Å². The predicted molar refractivity (Wildman–Crippen MR) is 84.0 cm³/mol. The lowest BCUT2D eigenvalue weighted by Crippen LogP contribution is -2.35. The standard InChI is InChI=1S/C17H23N3O/c1-20-15-10-6-5-9-14(15)19-17(20)11-16(21)12-7-3-2-4-8-13(12)18/h5-6,9-10,12-13H,2-4,7-8,11,18H2,1H3. The number of hydrogen-bond acceptors (Lipinski definition) is 3. The molecule has 4 heteroatoms. The van der Waals surface area contributed by atoms with Gasteiger partial charge in [0.05, 0.1) is 17.5 Å². The quantitative estimate of drug-likeness (QED) is 0.882. The average Bonchev–Trinajstić information content (AvgIpc) is 2.65. The monoisotopic (exact) mass is 285 g/mol. The van der Waals surface area contributed by atoms with Crippen LogP contribution in [-0.2, 0) is 18.3 Å². The molecule has 3 rings (SSSR count). The summed E-state index contributed by atoms with van der Waals surface area (Å²) >= 11 is 0. The molecule has 1 saturated carbocycles. The number of rotatable bonds is 3. The number of fused-ring (bicyclic) bond motifs is 1. The van der Waals surface area contributed by atoms with Crippen molar-refractivity contribution in [3.8, 4) is 0 Å². The van der Waals surface area contributed by atoms with Crippen LogP contribution in [0.1, 0.15) is 37.9 Å². The Morgan fingerprint density at radius 3 is 2.86 bits per heavy atom. The van der Waals surface area contributed by atoms with Gasteiger partial charge in [0, 0.05) is 19.0 Å². The van der Waals surface area contributed by atoms with Gasteiger partial charge in [-0.3, -0.25) is 4.79 Å². The fourth-order valence-corrected chi connectivity index (χ4v) is 3.38. The van der Waals surface area contributed by atoms with Crippen LogP contribution in [0, 0.1) is 5.92 Å². The molecular formula is C17H23N3O. The van der Waals surface area contributed by atoms with Crippen LogP contribution >= 0.6 is 0 Å². The van der Waals surface area contributed by atoms with Crippen molar-refractivity contribution in [2.24, 2.45) is 18.7 Å². The molecule has 0 amide bonds. The van der Waals surface area contributed by atoms with Gasteiger partial charge in [0.2, 0.25) is 0 Å².